The first-order chi connectivity index (χ1) is 6.88. The average Bonchev–Trinajstić information content (AvgIpc) is 2.30. The van der Waals surface area contributed by atoms with E-state index in [2.05, 4.69) is 10.6 Å². The van der Waals surface area contributed by atoms with E-state index < -0.39 is 0 Å². The van der Waals surface area contributed by atoms with Gasteiger partial charge in [-0.25, -0.2) is 0 Å². The zero-order valence-electron chi connectivity index (χ0n) is 9.00. The molecule has 0 saturated carbocycles. The number of piperazine rings is 1. The Kier molecular flexibility index (Phi) is 5.36. The van der Waals surface area contributed by atoms with E-state index in [1.807, 2.05) is 4.90 Å². The zero-order chi connectivity index (χ0) is 9.80. The van der Waals surface area contributed by atoms with Gasteiger partial charge in [0.15, 0.2) is 0 Å². The largest absolute Gasteiger partial charge is 0.340 e. The van der Waals surface area contributed by atoms with Gasteiger partial charge in [0.25, 0.3) is 0 Å². The standard InChI is InChI=1S/C10H19N3O.ClH/c14-10(9-1-3-11-4-2-9)13-7-5-12-6-8-13;/h9,11-12H,1-8H2;1H. The smallest absolute Gasteiger partial charge is 0.225 e. The quantitative estimate of drug-likeness (QED) is 0.662. The first-order valence-corrected chi connectivity index (χ1v) is 5.58. The summed E-state index contributed by atoms with van der Waals surface area (Å²) in [5.74, 6) is 0.669. The van der Waals surface area contributed by atoms with Gasteiger partial charge in [0, 0.05) is 32.1 Å². The van der Waals surface area contributed by atoms with Crippen molar-refractivity contribution in [1.29, 1.82) is 0 Å². The molecule has 5 heteroatoms. The van der Waals surface area contributed by atoms with Crippen LogP contribution in [0.3, 0.4) is 0 Å². The number of hydrogen-bond acceptors (Lipinski definition) is 3. The molecule has 2 saturated heterocycles. The summed E-state index contributed by atoms with van der Waals surface area (Å²) in [5.41, 5.74) is 0. The monoisotopic (exact) mass is 233 g/mol. The molecule has 2 rings (SSSR count). The second-order valence-corrected chi connectivity index (χ2v) is 4.10. The number of carbonyl (C=O) groups excluding carboxylic acids is 1. The van der Waals surface area contributed by atoms with Crippen LogP contribution in [0.15, 0.2) is 0 Å². The first-order valence-electron chi connectivity index (χ1n) is 5.58. The van der Waals surface area contributed by atoms with E-state index >= 15 is 0 Å². The molecule has 2 aliphatic heterocycles. The molecule has 2 heterocycles. The third kappa shape index (κ3) is 3.33. The maximum atomic E-state index is 12.0. The number of hydrogen-bond donors (Lipinski definition) is 2. The Labute approximate surface area is 97.2 Å². The molecule has 0 spiro atoms. The van der Waals surface area contributed by atoms with Crippen molar-refractivity contribution in [3.05, 3.63) is 0 Å². The number of piperidine rings is 1. The summed E-state index contributed by atoms with van der Waals surface area (Å²) in [7, 11) is 0. The van der Waals surface area contributed by atoms with Gasteiger partial charge < -0.3 is 15.5 Å². The summed E-state index contributed by atoms with van der Waals surface area (Å²) >= 11 is 0. The van der Waals surface area contributed by atoms with Crippen LogP contribution < -0.4 is 10.6 Å². The Balaban J connectivity index is 0.00000112. The molecule has 0 aromatic heterocycles. The fourth-order valence-electron chi connectivity index (χ4n) is 2.21. The van der Waals surface area contributed by atoms with Crippen molar-refractivity contribution in [2.45, 2.75) is 12.8 Å². The third-order valence-electron chi connectivity index (χ3n) is 3.12. The minimum atomic E-state index is 0. The molecule has 0 aromatic carbocycles. The molecule has 2 N–H and O–H groups in total. The van der Waals surface area contributed by atoms with Gasteiger partial charge in [0.1, 0.15) is 0 Å². The Bertz CT molecular complexity index is 181. The van der Waals surface area contributed by atoms with Crippen LogP contribution in [-0.4, -0.2) is 50.1 Å². The zero-order valence-corrected chi connectivity index (χ0v) is 9.81. The summed E-state index contributed by atoms with van der Waals surface area (Å²) in [5, 5.41) is 6.56. The fourth-order valence-corrected chi connectivity index (χ4v) is 2.21. The van der Waals surface area contributed by atoms with Crippen LogP contribution in [-0.2, 0) is 4.79 Å². The Morgan fingerprint density at radius 3 is 2.13 bits per heavy atom. The SMILES string of the molecule is Cl.O=C(C1CCNCC1)N1CCNCC1. The summed E-state index contributed by atoms with van der Waals surface area (Å²) in [4.78, 5) is 14.0. The van der Waals surface area contributed by atoms with Crippen LogP contribution in [0.25, 0.3) is 0 Å². The topological polar surface area (TPSA) is 44.4 Å². The molecule has 1 amide bonds. The van der Waals surface area contributed by atoms with E-state index in [4.69, 9.17) is 0 Å². The molecule has 0 atom stereocenters. The maximum Gasteiger partial charge on any atom is 0.225 e. The van der Waals surface area contributed by atoms with Gasteiger partial charge in [-0.15, -0.1) is 12.4 Å². The summed E-state index contributed by atoms with van der Waals surface area (Å²) in [6, 6.07) is 0. The summed E-state index contributed by atoms with van der Waals surface area (Å²) < 4.78 is 0. The van der Waals surface area contributed by atoms with Gasteiger partial charge in [-0.2, -0.15) is 0 Å². The lowest BCUT2D eigenvalue weighted by molar-refractivity contribution is -0.136. The lowest BCUT2D eigenvalue weighted by Gasteiger charge is -2.32. The number of rotatable bonds is 1. The van der Waals surface area contributed by atoms with Crippen molar-refractivity contribution in [3.8, 4) is 0 Å². The highest BCUT2D eigenvalue weighted by molar-refractivity contribution is 5.85. The lowest BCUT2D eigenvalue weighted by atomic mass is 9.96. The van der Waals surface area contributed by atoms with Crippen LogP contribution >= 0.6 is 12.4 Å². The molecule has 4 nitrogen and oxygen atoms in total. The molecule has 0 bridgehead atoms. The summed E-state index contributed by atoms with van der Waals surface area (Å²) in [6.45, 7) is 5.70. The first kappa shape index (κ1) is 12.7. The minimum absolute atomic E-state index is 0. The van der Waals surface area contributed by atoms with Gasteiger partial charge in [-0.05, 0) is 25.9 Å². The van der Waals surface area contributed by atoms with Gasteiger partial charge in [-0.3, -0.25) is 4.79 Å². The highest BCUT2D eigenvalue weighted by Gasteiger charge is 2.26. The molecule has 2 aliphatic rings. The third-order valence-corrected chi connectivity index (χ3v) is 3.12. The van der Waals surface area contributed by atoms with Crippen LogP contribution in [0.2, 0.25) is 0 Å². The number of halogens is 1. The summed E-state index contributed by atoms with van der Waals surface area (Å²) in [6.07, 6.45) is 2.03. The van der Waals surface area contributed by atoms with E-state index in [-0.39, 0.29) is 18.3 Å². The predicted octanol–water partition coefficient (Wildman–Crippen LogP) is -0.160. The Hall–Kier alpha value is -0.320. The van der Waals surface area contributed by atoms with Crippen molar-refractivity contribution < 1.29 is 4.79 Å². The number of nitrogens with zero attached hydrogens (tertiary/aromatic N) is 1. The van der Waals surface area contributed by atoms with Crippen molar-refractivity contribution in [1.82, 2.24) is 15.5 Å². The minimum Gasteiger partial charge on any atom is -0.340 e. The van der Waals surface area contributed by atoms with Gasteiger partial charge in [-0.1, -0.05) is 0 Å². The van der Waals surface area contributed by atoms with Crippen LogP contribution in [0.4, 0.5) is 0 Å². The van der Waals surface area contributed by atoms with E-state index in [0.717, 1.165) is 52.1 Å². The van der Waals surface area contributed by atoms with Gasteiger partial charge in [0.2, 0.25) is 5.91 Å². The average molecular weight is 234 g/mol. The normalized spacial score (nSPS) is 23.3. The molecule has 0 aliphatic carbocycles. The van der Waals surface area contributed by atoms with Crippen molar-refractivity contribution >= 4 is 18.3 Å². The Morgan fingerprint density at radius 2 is 1.53 bits per heavy atom. The molecular formula is C10H20ClN3O. The predicted molar refractivity (Wildman–Crippen MR) is 62.3 cm³/mol. The molecule has 15 heavy (non-hydrogen) atoms. The van der Waals surface area contributed by atoms with Crippen LogP contribution in [0.1, 0.15) is 12.8 Å². The highest BCUT2D eigenvalue weighted by Crippen LogP contribution is 2.15. The van der Waals surface area contributed by atoms with E-state index in [9.17, 15) is 4.79 Å². The van der Waals surface area contributed by atoms with Gasteiger partial charge in [0.05, 0.1) is 0 Å². The van der Waals surface area contributed by atoms with E-state index in [0.29, 0.717) is 5.91 Å². The van der Waals surface area contributed by atoms with E-state index in [1.54, 1.807) is 0 Å². The molecule has 0 radical (unpaired) electrons. The number of nitrogens with one attached hydrogen (secondary N) is 2. The van der Waals surface area contributed by atoms with Gasteiger partial charge >= 0.3 is 0 Å². The van der Waals surface area contributed by atoms with Crippen molar-refractivity contribution in [2.75, 3.05) is 39.3 Å². The van der Waals surface area contributed by atoms with Crippen LogP contribution in [0.5, 0.6) is 0 Å². The number of amides is 1. The Morgan fingerprint density at radius 1 is 1.00 bits per heavy atom. The molecule has 0 unspecified atom stereocenters. The van der Waals surface area contributed by atoms with E-state index in [1.165, 1.54) is 0 Å². The molecular weight excluding hydrogens is 214 g/mol. The molecule has 2 fully saturated rings. The van der Waals surface area contributed by atoms with Crippen molar-refractivity contribution in [2.24, 2.45) is 5.92 Å². The van der Waals surface area contributed by atoms with Crippen molar-refractivity contribution in [3.63, 3.8) is 0 Å². The fraction of sp³-hybridized carbons (Fsp3) is 0.900. The maximum absolute atomic E-state index is 12.0. The van der Waals surface area contributed by atoms with Crippen LogP contribution in [0, 0.1) is 5.92 Å². The molecule has 88 valence electrons. The number of carbonyl (C=O) groups is 1. The highest BCUT2D eigenvalue weighted by atomic mass is 35.5. The lowest BCUT2D eigenvalue weighted by Crippen LogP contribution is -2.49. The second kappa shape index (κ2) is 6.30. The molecule has 0 aromatic rings. The second-order valence-electron chi connectivity index (χ2n) is 4.10.